The summed E-state index contributed by atoms with van der Waals surface area (Å²) in [7, 11) is 0. The van der Waals surface area contributed by atoms with Gasteiger partial charge in [0.15, 0.2) is 0 Å². The molecule has 2 heteroatoms. The molecule has 2 unspecified atom stereocenters. The van der Waals surface area contributed by atoms with Crippen molar-refractivity contribution in [2.75, 3.05) is 19.6 Å². The van der Waals surface area contributed by atoms with Crippen molar-refractivity contribution < 1.29 is 0 Å². The predicted molar refractivity (Wildman–Crippen MR) is 81.0 cm³/mol. The highest BCUT2D eigenvalue weighted by Gasteiger charge is 2.13. The molecule has 2 nitrogen and oxygen atoms in total. The number of hydrogen-bond donors (Lipinski definition) is 2. The van der Waals surface area contributed by atoms with Gasteiger partial charge in [-0.05, 0) is 70.0 Å². The molecule has 0 bridgehead atoms. The monoisotopic (exact) mass is 254 g/mol. The number of nitrogens with one attached hydrogen (secondary N) is 2. The Bertz CT molecular complexity index is 180. The first kappa shape index (κ1) is 16.0. The summed E-state index contributed by atoms with van der Waals surface area (Å²) in [6.45, 7) is 10.6. The molecule has 18 heavy (non-hydrogen) atoms. The standard InChI is InChI=1S/C9H19N.C7H15N/c1-8(2)6-9-4-3-5-10-7-9;1-2-7-5-3-4-6-8-7/h8-10H,3-7H2,1-2H3;7-8H,2-6H2,1H3. The molecule has 2 atom stereocenters. The lowest BCUT2D eigenvalue weighted by molar-refractivity contribution is 0.322. The molecule has 0 aromatic heterocycles. The SMILES string of the molecule is CC(C)CC1CCCNC1.CCC1CCCCN1. The molecule has 0 saturated carbocycles. The minimum atomic E-state index is 0.837. The minimum absolute atomic E-state index is 0.837. The normalized spacial score (nSPS) is 28.7. The zero-order valence-corrected chi connectivity index (χ0v) is 12.8. The first-order valence-electron chi connectivity index (χ1n) is 8.16. The van der Waals surface area contributed by atoms with Gasteiger partial charge in [-0.2, -0.15) is 0 Å². The molecular weight excluding hydrogens is 220 g/mol. The Labute approximate surface area is 114 Å². The summed E-state index contributed by atoms with van der Waals surface area (Å²) < 4.78 is 0. The molecule has 2 rings (SSSR count). The fourth-order valence-electron chi connectivity index (χ4n) is 3.06. The predicted octanol–water partition coefficient (Wildman–Crippen LogP) is 3.57. The molecule has 2 fully saturated rings. The van der Waals surface area contributed by atoms with Crippen LogP contribution >= 0.6 is 0 Å². The molecule has 0 spiro atoms. The summed E-state index contributed by atoms with van der Waals surface area (Å²) in [6, 6.07) is 0.837. The third-order valence-electron chi connectivity index (χ3n) is 4.11. The lowest BCUT2D eigenvalue weighted by Gasteiger charge is -2.23. The molecule has 0 aliphatic carbocycles. The molecule has 2 N–H and O–H groups in total. The van der Waals surface area contributed by atoms with Crippen LogP contribution in [0.15, 0.2) is 0 Å². The van der Waals surface area contributed by atoms with Gasteiger partial charge in [0.2, 0.25) is 0 Å². The van der Waals surface area contributed by atoms with E-state index in [-0.39, 0.29) is 0 Å². The highest BCUT2D eigenvalue weighted by atomic mass is 14.9. The van der Waals surface area contributed by atoms with Crippen LogP contribution in [0.5, 0.6) is 0 Å². The summed E-state index contributed by atoms with van der Waals surface area (Å²) in [6.07, 6.45) is 9.77. The summed E-state index contributed by atoms with van der Waals surface area (Å²) >= 11 is 0. The van der Waals surface area contributed by atoms with Gasteiger partial charge in [-0.15, -0.1) is 0 Å². The first-order valence-corrected chi connectivity index (χ1v) is 8.16. The van der Waals surface area contributed by atoms with Crippen molar-refractivity contribution in [1.29, 1.82) is 0 Å². The van der Waals surface area contributed by atoms with Gasteiger partial charge in [0.05, 0.1) is 0 Å². The molecule has 0 radical (unpaired) electrons. The van der Waals surface area contributed by atoms with Crippen molar-refractivity contribution in [1.82, 2.24) is 10.6 Å². The van der Waals surface area contributed by atoms with Crippen LogP contribution in [-0.2, 0) is 0 Å². The van der Waals surface area contributed by atoms with E-state index < -0.39 is 0 Å². The minimum Gasteiger partial charge on any atom is -0.316 e. The van der Waals surface area contributed by atoms with Crippen LogP contribution in [0.4, 0.5) is 0 Å². The lowest BCUT2D eigenvalue weighted by atomic mass is 9.91. The molecule has 2 heterocycles. The van der Waals surface area contributed by atoms with Gasteiger partial charge in [-0.1, -0.05) is 27.2 Å². The molecule has 0 aromatic rings. The average molecular weight is 254 g/mol. The number of hydrogen-bond acceptors (Lipinski definition) is 2. The van der Waals surface area contributed by atoms with E-state index in [2.05, 4.69) is 31.4 Å². The van der Waals surface area contributed by atoms with Crippen LogP contribution in [0.25, 0.3) is 0 Å². The maximum absolute atomic E-state index is 3.47. The zero-order valence-electron chi connectivity index (χ0n) is 12.8. The molecule has 2 saturated heterocycles. The van der Waals surface area contributed by atoms with E-state index in [9.17, 15) is 0 Å². The Kier molecular flexibility index (Phi) is 8.70. The van der Waals surface area contributed by atoms with E-state index in [1.165, 1.54) is 64.6 Å². The Hall–Kier alpha value is -0.0800. The second kappa shape index (κ2) is 9.80. The van der Waals surface area contributed by atoms with Crippen molar-refractivity contribution in [3.05, 3.63) is 0 Å². The maximum Gasteiger partial charge on any atom is 0.00644 e. The second-order valence-corrected chi connectivity index (χ2v) is 6.40. The highest BCUT2D eigenvalue weighted by molar-refractivity contribution is 4.70. The first-order chi connectivity index (χ1) is 8.72. The van der Waals surface area contributed by atoms with Gasteiger partial charge in [-0.3, -0.25) is 0 Å². The molecule has 108 valence electrons. The van der Waals surface area contributed by atoms with Crippen LogP contribution in [0, 0.1) is 11.8 Å². The highest BCUT2D eigenvalue weighted by Crippen LogP contribution is 2.18. The van der Waals surface area contributed by atoms with Gasteiger partial charge < -0.3 is 10.6 Å². The van der Waals surface area contributed by atoms with E-state index >= 15 is 0 Å². The van der Waals surface area contributed by atoms with Crippen LogP contribution in [0.2, 0.25) is 0 Å². The second-order valence-electron chi connectivity index (χ2n) is 6.40. The van der Waals surface area contributed by atoms with Gasteiger partial charge >= 0.3 is 0 Å². The van der Waals surface area contributed by atoms with Gasteiger partial charge in [0.1, 0.15) is 0 Å². The van der Waals surface area contributed by atoms with E-state index in [1.54, 1.807) is 0 Å². The molecule has 0 aromatic carbocycles. The Balaban J connectivity index is 0.000000184. The van der Waals surface area contributed by atoms with E-state index in [0.29, 0.717) is 0 Å². The summed E-state index contributed by atoms with van der Waals surface area (Å²) in [4.78, 5) is 0. The van der Waals surface area contributed by atoms with Gasteiger partial charge in [-0.25, -0.2) is 0 Å². The van der Waals surface area contributed by atoms with Crippen molar-refractivity contribution >= 4 is 0 Å². The molecular formula is C16H34N2. The smallest absolute Gasteiger partial charge is 0.00644 e. The number of piperidine rings is 2. The summed E-state index contributed by atoms with van der Waals surface area (Å²) in [5.41, 5.74) is 0. The quantitative estimate of drug-likeness (QED) is 0.804. The summed E-state index contributed by atoms with van der Waals surface area (Å²) in [5.74, 6) is 1.85. The Morgan fingerprint density at radius 3 is 2.33 bits per heavy atom. The van der Waals surface area contributed by atoms with Crippen LogP contribution in [0.3, 0.4) is 0 Å². The van der Waals surface area contributed by atoms with Crippen molar-refractivity contribution in [3.8, 4) is 0 Å². The Morgan fingerprint density at radius 2 is 1.89 bits per heavy atom. The topological polar surface area (TPSA) is 24.1 Å². The van der Waals surface area contributed by atoms with E-state index in [0.717, 1.165) is 17.9 Å². The van der Waals surface area contributed by atoms with Crippen molar-refractivity contribution in [3.63, 3.8) is 0 Å². The number of rotatable bonds is 3. The fourth-order valence-corrected chi connectivity index (χ4v) is 3.06. The third kappa shape index (κ3) is 7.38. The average Bonchev–Trinajstić information content (AvgIpc) is 2.41. The maximum atomic E-state index is 3.47. The lowest BCUT2D eigenvalue weighted by Crippen LogP contribution is -2.32. The van der Waals surface area contributed by atoms with Crippen LogP contribution < -0.4 is 10.6 Å². The zero-order chi connectivity index (χ0) is 13.2. The largest absolute Gasteiger partial charge is 0.316 e. The fraction of sp³-hybridized carbons (Fsp3) is 1.00. The molecule has 2 aliphatic heterocycles. The van der Waals surface area contributed by atoms with E-state index in [4.69, 9.17) is 0 Å². The molecule has 0 amide bonds. The summed E-state index contributed by atoms with van der Waals surface area (Å²) in [5, 5.41) is 6.91. The van der Waals surface area contributed by atoms with Gasteiger partial charge in [0.25, 0.3) is 0 Å². The van der Waals surface area contributed by atoms with Crippen molar-refractivity contribution in [2.24, 2.45) is 11.8 Å². The van der Waals surface area contributed by atoms with Gasteiger partial charge in [0, 0.05) is 6.04 Å². The Morgan fingerprint density at radius 1 is 1.06 bits per heavy atom. The third-order valence-corrected chi connectivity index (χ3v) is 4.11. The van der Waals surface area contributed by atoms with E-state index in [1.807, 2.05) is 0 Å². The van der Waals surface area contributed by atoms with Crippen LogP contribution in [0.1, 0.15) is 65.7 Å². The van der Waals surface area contributed by atoms with Crippen molar-refractivity contribution in [2.45, 2.75) is 71.8 Å². The van der Waals surface area contributed by atoms with Crippen LogP contribution in [-0.4, -0.2) is 25.7 Å². The molecule has 2 aliphatic rings.